The standard InChI is InChI=1S/C28H32N4O2/c1-19(29)28(2)16-8-9-17-32(28)27(34)31-18-23(20-10-4-3-5-11-20)25(31)26(33)30-24-15-14-21-12-6-7-13-22(21)24/h3-13,16-17,19,23-25H,14-15,18,29H2,1-2H3,(H,30,33)/t19?,23?,24-,25?,28?/m1/s1. The quantitative estimate of drug-likeness (QED) is 0.733. The number of carbonyl (C=O) groups excluding carboxylic acids is 2. The number of urea groups is 1. The Labute approximate surface area is 201 Å². The molecule has 6 heteroatoms. The maximum atomic E-state index is 13.8. The van der Waals surface area contributed by atoms with Gasteiger partial charge in [0.25, 0.3) is 0 Å². The number of hydrogen-bond acceptors (Lipinski definition) is 3. The molecule has 2 aliphatic heterocycles. The van der Waals surface area contributed by atoms with Gasteiger partial charge in [-0.05, 0) is 49.5 Å². The average molecular weight is 457 g/mol. The number of carbonyl (C=O) groups is 2. The van der Waals surface area contributed by atoms with E-state index in [1.54, 1.807) is 16.0 Å². The third-order valence-corrected chi connectivity index (χ3v) is 7.73. The van der Waals surface area contributed by atoms with E-state index < -0.39 is 11.6 Å². The van der Waals surface area contributed by atoms with E-state index in [0.29, 0.717) is 6.54 Å². The number of amides is 3. The van der Waals surface area contributed by atoms with Crippen LogP contribution in [0.5, 0.6) is 0 Å². The Morgan fingerprint density at radius 3 is 2.59 bits per heavy atom. The number of aryl methyl sites for hydroxylation is 1. The minimum Gasteiger partial charge on any atom is -0.347 e. The molecular weight excluding hydrogens is 424 g/mol. The van der Waals surface area contributed by atoms with Crippen LogP contribution in [0.25, 0.3) is 0 Å². The summed E-state index contributed by atoms with van der Waals surface area (Å²) >= 11 is 0. The molecule has 0 saturated carbocycles. The lowest BCUT2D eigenvalue weighted by Gasteiger charge is -2.51. The first-order valence-electron chi connectivity index (χ1n) is 12.0. The summed E-state index contributed by atoms with van der Waals surface area (Å²) in [4.78, 5) is 30.8. The zero-order chi connectivity index (χ0) is 23.9. The lowest BCUT2D eigenvalue weighted by molar-refractivity contribution is -0.131. The van der Waals surface area contributed by atoms with Crippen molar-refractivity contribution in [2.24, 2.45) is 5.73 Å². The number of rotatable bonds is 4. The highest BCUT2D eigenvalue weighted by Crippen LogP contribution is 2.38. The van der Waals surface area contributed by atoms with E-state index in [-0.39, 0.29) is 29.9 Å². The normalized spacial score (nSPS) is 28.3. The second-order valence-corrected chi connectivity index (χ2v) is 9.78. The van der Waals surface area contributed by atoms with Gasteiger partial charge in [0.05, 0.1) is 11.6 Å². The molecule has 0 bridgehead atoms. The summed E-state index contributed by atoms with van der Waals surface area (Å²) in [6.07, 6.45) is 9.30. The summed E-state index contributed by atoms with van der Waals surface area (Å²) in [6.45, 7) is 4.34. The summed E-state index contributed by atoms with van der Waals surface area (Å²) in [5.41, 5.74) is 9.16. The molecule has 3 aliphatic rings. The first-order valence-corrected chi connectivity index (χ1v) is 12.0. The Morgan fingerprint density at radius 2 is 1.82 bits per heavy atom. The van der Waals surface area contributed by atoms with Crippen molar-refractivity contribution in [1.82, 2.24) is 15.1 Å². The van der Waals surface area contributed by atoms with Crippen molar-refractivity contribution in [3.63, 3.8) is 0 Å². The van der Waals surface area contributed by atoms with Crippen LogP contribution in [0.15, 0.2) is 79.0 Å². The maximum absolute atomic E-state index is 13.8. The van der Waals surface area contributed by atoms with Crippen LogP contribution in [-0.4, -0.2) is 45.9 Å². The molecule has 0 aromatic heterocycles. The molecule has 3 N–H and O–H groups in total. The molecule has 4 unspecified atom stereocenters. The Morgan fingerprint density at radius 1 is 1.09 bits per heavy atom. The smallest absolute Gasteiger partial charge is 0.325 e. The largest absolute Gasteiger partial charge is 0.347 e. The number of likely N-dealkylation sites (tertiary alicyclic amines) is 1. The minimum absolute atomic E-state index is 0.0233. The van der Waals surface area contributed by atoms with Gasteiger partial charge in [-0.1, -0.05) is 66.7 Å². The van der Waals surface area contributed by atoms with E-state index >= 15 is 0 Å². The highest BCUT2D eigenvalue weighted by atomic mass is 16.2. The lowest BCUT2D eigenvalue weighted by atomic mass is 9.81. The number of nitrogens with one attached hydrogen (secondary N) is 1. The van der Waals surface area contributed by atoms with Gasteiger partial charge in [0.2, 0.25) is 5.91 Å². The Kier molecular flexibility index (Phi) is 5.78. The molecule has 34 heavy (non-hydrogen) atoms. The average Bonchev–Trinajstić information content (AvgIpc) is 3.22. The molecule has 0 spiro atoms. The summed E-state index contributed by atoms with van der Waals surface area (Å²) in [5.74, 6) is -0.151. The number of nitrogens with zero attached hydrogens (tertiary/aromatic N) is 2. The van der Waals surface area contributed by atoms with Crippen molar-refractivity contribution in [1.29, 1.82) is 0 Å². The molecule has 1 aliphatic carbocycles. The summed E-state index contributed by atoms with van der Waals surface area (Å²) in [7, 11) is 0. The van der Waals surface area contributed by atoms with Crippen molar-refractivity contribution in [2.75, 3.05) is 6.54 Å². The molecule has 3 amide bonds. The van der Waals surface area contributed by atoms with E-state index in [4.69, 9.17) is 5.73 Å². The molecule has 6 nitrogen and oxygen atoms in total. The minimum atomic E-state index is -0.658. The monoisotopic (exact) mass is 456 g/mol. The Hall–Kier alpha value is -3.38. The first kappa shape index (κ1) is 22.4. The lowest BCUT2D eigenvalue weighted by Crippen LogP contribution is -2.68. The molecule has 5 atom stereocenters. The van der Waals surface area contributed by atoms with Gasteiger partial charge < -0.3 is 16.0 Å². The third-order valence-electron chi connectivity index (χ3n) is 7.73. The van der Waals surface area contributed by atoms with Crippen LogP contribution in [0.4, 0.5) is 4.79 Å². The number of fused-ring (bicyclic) bond motifs is 1. The number of nitrogens with two attached hydrogens (primary N) is 1. The zero-order valence-corrected chi connectivity index (χ0v) is 19.7. The van der Waals surface area contributed by atoms with Crippen LogP contribution < -0.4 is 11.1 Å². The first-order chi connectivity index (χ1) is 16.4. The van der Waals surface area contributed by atoms with Crippen molar-refractivity contribution >= 4 is 11.9 Å². The fourth-order valence-corrected chi connectivity index (χ4v) is 5.38. The Balaban J connectivity index is 1.41. The van der Waals surface area contributed by atoms with Crippen LogP contribution in [0.3, 0.4) is 0 Å². The van der Waals surface area contributed by atoms with E-state index in [9.17, 15) is 9.59 Å². The van der Waals surface area contributed by atoms with Crippen LogP contribution >= 0.6 is 0 Å². The molecule has 1 saturated heterocycles. The summed E-state index contributed by atoms with van der Waals surface area (Å²) in [6, 6.07) is 17.2. The SMILES string of the molecule is CC(N)C1(C)C=CC=CN1C(=O)N1CC(c2ccccc2)C1C(=O)N[C@@H]1CCc2ccccc21. The van der Waals surface area contributed by atoms with E-state index in [2.05, 4.69) is 17.4 Å². The van der Waals surface area contributed by atoms with Crippen LogP contribution in [-0.2, 0) is 11.2 Å². The number of benzene rings is 2. The fourth-order valence-electron chi connectivity index (χ4n) is 5.38. The number of allylic oxidation sites excluding steroid dienone is 2. The molecule has 1 fully saturated rings. The molecule has 2 aromatic rings. The van der Waals surface area contributed by atoms with Crippen LogP contribution in [0.1, 0.15) is 48.9 Å². The molecule has 176 valence electrons. The van der Waals surface area contributed by atoms with Crippen molar-refractivity contribution < 1.29 is 9.59 Å². The highest BCUT2D eigenvalue weighted by Gasteiger charge is 2.51. The molecule has 2 heterocycles. The molecule has 5 rings (SSSR count). The maximum Gasteiger partial charge on any atom is 0.325 e. The predicted octanol–water partition coefficient (Wildman–Crippen LogP) is 3.87. The molecular formula is C28H32N4O2. The van der Waals surface area contributed by atoms with E-state index in [0.717, 1.165) is 18.4 Å². The predicted molar refractivity (Wildman–Crippen MR) is 133 cm³/mol. The topological polar surface area (TPSA) is 78.7 Å². The van der Waals surface area contributed by atoms with Gasteiger partial charge in [-0.3, -0.25) is 9.69 Å². The van der Waals surface area contributed by atoms with Crippen LogP contribution in [0, 0.1) is 0 Å². The van der Waals surface area contributed by atoms with Gasteiger partial charge in [0.1, 0.15) is 6.04 Å². The second-order valence-electron chi connectivity index (χ2n) is 9.78. The van der Waals surface area contributed by atoms with Crippen molar-refractivity contribution in [3.05, 3.63) is 95.7 Å². The van der Waals surface area contributed by atoms with Crippen LogP contribution in [0.2, 0.25) is 0 Å². The van der Waals surface area contributed by atoms with E-state index in [1.807, 2.05) is 74.5 Å². The number of hydrogen-bond donors (Lipinski definition) is 2. The van der Waals surface area contributed by atoms with Gasteiger partial charge in [-0.2, -0.15) is 0 Å². The second kappa shape index (κ2) is 8.76. The van der Waals surface area contributed by atoms with Gasteiger partial charge in [-0.15, -0.1) is 0 Å². The third kappa shape index (κ3) is 3.72. The van der Waals surface area contributed by atoms with Crippen molar-refractivity contribution in [3.8, 4) is 0 Å². The highest BCUT2D eigenvalue weighted by molar-refractivity contribution is 5.91. The van der Waals surface area contributed by atoms with Crippen molar-refractivity contribution in [2.45, 2.75) is 56.3 Å². The fraction of sp³-hybridized carbons (Fsp3) is 0.357. The molecule has 2 aromatic carbocycles. The van der Waals surface area contributed by atoms with Gasteiger partial charge in [0.15, 0.2) is 0 Å². The molecule has 0 radical (unpaired) electrons. The van der Waals surface area contributed by atoms with Gasteiger partial charge in [0, 0.05) is 24.7 Å². The van der Waals surface area contributed by atoms with E-state index in [1.165, 1.54) is 11.1 Å². The Bertz CT molecular complexity index is 1140. The summed E-state index contributed by atoms with van der Waals surface area (Å²) < 4.78 is 0. The zero-order valence-electron chi connectivity index (χ0n) is 19.7. The summed E-state index contributed by atoms with van der Waals surface area (Å²) in [5, 5.41) is 3.26. The van der Waals surface area contributed by atoms with Gasteiger partial charge >= 0.3 is 6.03 Å². The van der Waals surface area contributed by atoms with Gasteiger partial charge in [-0.25, -0.2) is 4.79 Å².